The predicted octanol–water partition coefficient (Wildman–Crippen LogP) is 3.26. The van der Waals surface area contributed by atoms with Gasteiger partial charge in [0.15, 0.2) is 0 Å². The van der Waals surface area contributed by atoms with E-state index in [0.717, 1.165) is 50.8 Å². The summed E-state index contributed by atoms with van der Waals surface area (Å²) in [7, 11) is 0. The number of hydrogen-bond donors (Lipinski definition) is 0. The minimum atomic E-state index is -0.138. The molecule has 1 aromatic rings. The summed E-state index contributed by atoms with van der Waals surface area (Å²) in [6.45, 7) is 6.38. The van der Waals surface area contributed by atoms with Gasteiger partial charge in [0.1, 0.15) is 0 Å². The second kappa shape index (κ2) is 6.96. The average molecular weight is 328 g/mol. The summed E-state index contributed by atoms with van der Waals surface area (Å²) in [5.41, 5.74) is 1.87. The maximum atomic E-state index is 12.9. The van der Waals surface area contributed by atoms with Gasteiger partial charge < -0.3 is 9.80 Å². The van der Waals surface area contributed by atoms with Gasteiger partial charge in [-0.2, -0.15) is 0 Å². The second-order valence-electron chi connectivity index (χ2n) is 7.10. The molecule has 2 aliphatic rings. The van der Waals surface area contributed by atoms with E-state index in [1.807, 2.05) is 34.1 Å². The van der Waals surface area contributed by atoms with Gasteiger partial charge in [0, 0.05) is 31.6 Å². The van der Waals surface area contributed by atoms with Crippen LogP contribution in [0.4, 0.5) is 0 Å². The Kier molecular flexibility index (Phi) is 4.93. The fraction of sp³-hybridized carbons (Fsp3) is 0.600. The van der Waals surface area contributed by atoms with E-state index < -0.39 is 0 Å². The number of aryl methyl sites for hydroxylation is 1. The number of amides is 2. The molecule has 4 nitrogen and oxygen atoms in total. The third-order valence-electron chi connectivity index (χ3n) is 5.67. The monoisotopic (exact) mass is 328 g/mol. The first-order chi connectivity index (χ1) is 11.6. The molecule has 0 unspecified atom stereocenters. The van der Waals surface area contributed by atoms with Crippen LogP contribution in [0.2, 0.25) is 0 Å². The Morgan fingerprint density at radius 2 is 1.83 bits per heavy atom. The summed E-state index contributed by atoms with van der Waals surface area (Å²) >= 11 is 0. The Balaban J connectivity index is 1.79. The lowest BCUT2D eigenvalue weighted by atomic mass is 9.79. The fourth-order valence-corrected chi connectivity index (χ4v) is 4.39. The Labute approximate surface area is 144 Å². The van der Waals surface area contributed by atoms with Crippen LogP contribution in [0.25, 0.3) is 0 Å². The number of carbonyl (C=O) groups is 2. The summed E-state index contributed by atoms with van der Waals surface area (Å²) in [6.07, 6.45) is 5.60. The molecule has 0 aliphatic carbocycles. The van der Waals surface area contributed by atoms with Crippen LogP contribution in [0.3, 0.4) is 0 Å². The van der Waals surface area contributed by atoms with E-state index in [4.69, 9.17) is 0 Å². The standard InChI is InChI=1S/C20H28N2O2/c1-3-16-8-10-17(11-9-16)19(24)21-14-6-13-20(15-21)12-5-7-18(23)22(20)4-2/h8-11H,3-7,12-15H2,1-2H3/t20-/m1/s1. The zero-order chi connectivity index (χ0) is 17.2. The van der Waals surface area contributed by atoms with E-state index in [2.05, 4.69) is 13.8 Å². The van der Waals surface area contributed by atoms with Gasteiger partial charge in [-0.15, -0.1) is 0 Å². The highest BCUT2D eigenvalue weighted by Crippen LogP contribution is 2.36. The van der Waals surface area contributed by atoms with E-state index in [0.29, 0.717) is 13.0 Å². The smallest absolute Gasteiger partial charge is 0.253 e. The fourth-order valence-electron chi connectivity index (χ4n) is 4.39. The van der Waals surface area contributed by atoms with Crippen molar-refractivity contribution in [3.63, 3.8) is 0 Å². The van der Waals surface area contributed by atoms with Crippen LogP contribution in [0.1, 0.15) is 61.9 Å². The van der Waals surface area contributed by atoms with Crippen molar-refractivity contribution < 1.29 is 9.59 Å². The SMILES string of the molecule is CCc1ccc(C(=O)N2CCC[C@]3(CCCC(=O)N3CC)C2)cc1. The van der Waals surface area contributed by atoms with E-state index in [9.17, 15) is 9.59 Å². The molecule has 130 valence electrons. The first-order valence-corrected chi connectivity index (χ1v) is 9.28. The number of benzene rings is 1. The minimum absolute atomic E-state index is 0.103. The lowest BCUT2D eigenvalue weighted by molar-refractivity contribution is -0.144. The number of rotatable bonds is 3. The lowest BCUT2D eigenvalue weighted by Crippen LogP contribution is -2.63. The van der Waals surface area contributed by atoms with Crippen molar-refractivity contribution in [2.24, 2.45) is 0 Å². The first-order valence-electron chi connectivity index (χ1n) is 9.28. The number of likely N-dealkylation sites (tertiary alicyclic amines) is 2. The van der Waals surface area contributed by atoms with E-state index in [1.54, 1.807) is 0 Å². The summed E-state index contributed by atoms with van der Waals surface area (Å²) in [6, 6.07) is 7.95. The van der Waals surface area contributed by atoms with Gasteiger partial charge in [0.25, 0.3) is 5.91 Å². The van der Waals surface area contributed by atoms with Gasteiger partial charge in [-0.1, -0.05) is 19.1 Å². The second-order valence-corrected chi connectivity index (χ2v) is 7.10. The molecule has 0 N–H and O–H groups in total. The van der Waals surface area contributed by atoms with Gasteiger partial charge in [0.2, 0.25) is 5.91 Å². The molecular formula is C20H28N2O2. The molecule has 0 bridgehead atoms. The van der Waals surface area contributed by atoms with Crippen LogP contribution in [0.5, 0.6) is 0 Å². The Hall–Kier alpha value is -1.84. The number of hydrogen-bond acceptors (Lipinski definition) is 2. The number of nitrogens with zero attached hydrogens (tertiary/aromatic N) is 2. The Bertz CT molecular complexity index is 607. The first kappa shape index (κ1) is 17.0. The molecule has 0 aromatic heterocycles. The van der Waals surface area contributed by atoms with Gasteiger partial charge in [-0.25, -0.2) is 0 Å². The molecule has 1 atom stereocenters. The minimum Gasteiger partial charge on any atom is -0.336 e. The molecule has 3 rings (SSSR count). The third kappa shape index (κ3) is 3.06. The summed E-state index contributed by atoms with van der Waals surface area (Å²) in [5.74, 6) is 0.358. The molecule has 1 aromatic carbocycles. The van der Waals surface area contributed by atoms with Crippen molar-refractivity contribution in [2.75, 3.05) is 19.6 Å². The lowest BCUT2D eigenvalue weighted by Gasteiger charge is -2.52. The Morgan fingerprint density at radius 1 is 1.12 bits per heavy atom. The molecule has 24 heavy (non-hydrogen) atoms. The van der Waals surface area contributed by atoms with Crippen molar-refractivity contribution in [2.45, 2.75) is 57.9 Å². The van der Waals surface area contributed by atoms with Crippen molar-refractivity contribution >= 4 is 11.8 Å². The normalized spacial score (nSPS) is 24.5. The zero-order valence-corrected chi connectivity index (χ0v) is 14.9. The summed E-state index contributed by atoms with van der Waals surface area (Å²) in [4.78, 5) is 29.3. The molecule has 2 amide bonds. The molecule has 0 radical (unpaired) electrons. The van der Waals surface area contributed by atoms with Crippen molar-refractivity contribution in [3.8, 4) is 0 Å². The molecule has 2 fully saturated rings. The maximum absolute atomic E-state index is 12.9. The topological polar surface area (TPSA) is 40.6 Å². The van der Waals surface area contributed by atoms with E-state index >= 15 is 0 Å². The van der Waals surface area contributed by atoms with Crippen LogP contribution in [-0.4, -0.2) is 46.8 Å². The zero-order valence-electron chi connectivity index (χ0n) is 14.9. The number of piperidine rings is 2. The predicted molar refractivity (Wildman–Crippen MR) is 94.9 cm³/mol. The third-order valence-corrected chi connectivity index (χ3v) is 5.67. The molecule has 1 spiro atoms. The number of carbonyl (C=O) groups excluding carboxylic acids is 2. The highest BCUT2D eigenvalue weighted by molar-refractivity contribution is 5.94. The van der Waals surface area contributed by atoms with Crippen LogP contribution in [0, 0.1) is 0 Å². The average Bonchev–Trinajstić information content (AvgIpc) is 2.61. The quantitative estimate of drug-likeness (QED) is 0.854. The van der Waals surface area contributed by atoms with Gasteiger partial charge >= 0.3 is 0 Å². The highest BCUT2D eigenvalue weighted by atomic mass is 16.2. The van der Waals surface area contributed by atoms with Crippen LogP contribution < -0.4 is 0 Å². The molecule has 2 saturated heterocycles. The number of likely N-dealkylation sites (N-methyl/N-ethyl adjacent to an activating group) is 1. The van der Waals surface area contributed by atoms with E-state index in [-0.39, 0.29) is 17.4 Å². The maximum Gasteiger partial charge on any atom is 0.253 e. The van der Waals surface area contributed by atoms with Crippen LogP contribution in [-0.2, 0) is 11.2 Å². The van der Waals surface area contributed by atoms with Gasteiger partial charge in [-0.3, -0.25) is 9.59 Å². The van der Waals surface area contributed by atoms with Crippen LogP contribution >= 0.6 is 0 Å². The van der Waals surface area contributed by atoms with Crippen LogP contribution in [0.15, 0.2) is 24.3 Å². The van der Waals surface area contributed by atoms with Gasteiger partial charge in [0.05, 0.1) is 5.54 Å². The molecular weight excluding hydrogens is 300 g/mol. The van der Waals surface area contributed by atoms with Crippen molar-refractivity contribution in [1.29, 1.82) is 0 Å². The molecule has 0 saturated carbocycles. The molecule has 4 heteroatoms. The summed E-state index contributed by atoms with van der Waals surface area (Å²) < 4.78 is 0. The highest BCUT2D eigenvalue weighted by Gasteiger charge is 2.45. The van der Waals surface area contributed by atoms with Crippen molar-refractivity contribution in [1.82, 2.24) is 9.80 Å². The Morgan fingerprint density at radius 3 is 2.50 bits per heavy atom. The van der Waals surface area contributed by atoms with Gasteiger partial charge in [-0.05, 0) is 56.7 Å². The van der Waals surface area contributed by atoms with E-state index in [1.165, 1.54) is 5.56 Å². The summed E-state index contributed by atoms with van der Waals surface area (Å²) in [5, 5.41) is 0. The largest absolute Gasteiger partial charge is 0.336 e. The molecule has 2 heterocycles. The van der Waals surface area contributed by atoms with Crippen molar-refractivity contribution in [3.05, 3.63) is 35.4 Å². The molecule has 2 aliphatic heterocycles.